The summed E-state index contributed by atoms with van der Waals surface area (Å²) in [5, 5.41) is 3.98. The number of methoxy groups -OCH3 is 1. The lowest BCUT2D eigenvalue weighted by Crippen LogP contribution is -1.98. The molecule has 124 valence electrons. The first-order valence-electron chi connectivity index (χ1n) is 7.57. The van der Waals surface area contributed by atoms with Crippen LogP contribution in [0.5, 0.6) is 11.5 Å². The quantitative estimate of drug-likeness (QED) is 0.593. The SMILES string of the molecule is COc1cc(SC)c(-c2cc(C)no2)cc1OCc1ccccc1. The van der Waals surface area contributed by atoms with Crippen LogP contribution in [0.3, 0.4) is 0 Å². The molecule has 1 heterocycles. The summed E-state index contributed by atoms with van der Waals surface area (Å²) in [6.45, 7) is 2.38. The van der Waals surface area contributed by atoms with Gasteiger partial charge < -0.3 is 14.0 Å². The molecule has 1 aromatic heterocycles. The Morgan fingerprint density at radius 3 is 2.50 bits per heavy atom. The van der Waals surface area contributed by atoms with Crippen LogP contribution in [0, 0.1) is 6.92 Å². The summed E-state index contributed by atoms with van der Waals surface area (Å²) in [6.07, 6.45) is 2.02. The monoisotopic (exact) mass is 341 g/mol. The molecule has 0 saturated carbocycles. The van der Waals surface area contributed by atoms with E-state index in [-0.39, 0.29) is 0 Å². The largest absolute Gasteiger partial charge is 0.493 e. The van der Waals surface area contributed by atoms with Crippen LogP contribution in [0.2, 0.25) is 0 Å². The fraction of sp³-hybridized carbons (Fsp3) is 0.211. The third-order valence-corrected chi connectivity index (χ3v) is 4.39. The fourth-order valence-electron chi connectivity index (χ4n) is 2.40. The van der Waals surface area contributed by atoms with Crippen molar-refractivity contribution in [1.29, 1.82) is 0 Å². The summed E-state index contributed by atoms with van der Waals surface area (Å²) < 4.78 is 16.9. The minimum absolute atomic E-state index is 0.477. The summed E-state index contributed by atoms with van der Waals surface area (Å²) in [5.74, 6) is 2.11. The van der Waals surface area contributed by atoms with E-state index < -0.39 is 0 Å². The summed E-state index contributed by atoms with van der Waals surface area (Å²) in [5.41, 5.74) is 2.90. The van der Waals surface area contributed by atoms with Gasteiger partial charge in [-0.05, 0) is 30.9 Å². The van der Waals surface area contributed by atoms with Crippen LogP contribution in [-0.2, 0) is 6.61 Å². The van der Waals surface area contributed by atoms with E-state index in [9.17, 15) is 0 Å². The predicted molar refractivity (Wildman–Crippen MR) is 95.8 cm³/mol. The molecule has 0 aliphatic carbocycles. The first kappa shape index (κ1) is 16.5. The molecule has 0 unspecified atom stereocenters. The van der Waals surface area contributed by atoms with Crippen molar-refractivity contribution in [2.24, 2.45) is 0 Å². The normalized spacial score (nSPS) is 10.6. The highest BCUT2D eigenvalue weighted by Gasteiger charge is 2.16. The molecule has 0 radical (unpaired) electrons. The number of benzene rings is 2. The zero-order valence-corrected chi connectivity index (χ0v) is 14.7. The number of hydrogen-bond acceptors (Lipinski definition) is 5. The minimum atomic E-state index is 0.477. The predicted octanol–water partition coefficient (Wildman–Crippen LogP) is 4.96. The van der Waals surface area contributed by atoms with Crippen molar-refractivity contribution in [2.75, 3.05) is 13.4 Å². The Morgan fingerprint density at radius 1 is 1.08 bits per heavy atom. The van der Waals surface area contributed by atoms with Crippen molar-refractivity contribution in [2.45, 2.75) is 18.4 Å². The molecule has 3 rings (SSSR count). The summed E-state index contributed by atoms with van der Waals surface area (Å²) in [7, 11) is 1.65. The van der Waals surface area contributed by atoms with E-state index in [4.69, 9.17) is 14.0 Å². The maximum absolute atomic E-state index is 5.99. The Kier molecular flexibility index (Phi) is 5.11. The highest BCUT2D eigenvalue weighted by atomic mass is 32.2. The van der Waals surface area contributed by atoms with Gasteiger partial charge in [-0.25, -0.2) is 0 Å². The molecule has 0 atom stereocenters. The molecule has 0 aliphatic heterocycles. The number of aryl methyl sites for hydroxylation is 1. The standard InChI is InChI=1S/C19H19NO3S/c1-13-9-16(23-20-13)15-10-18(17(21-2)11-19(15)24-3)22-12-14-7-5-4-6-8-14/h4-11H,12H2,1-3H3. The van der Waals surface area contributed by atoms with Crippen molar-refractivity contribution in [3.63, 3.8) is 0 Å². The molecule has 0 saturated heterocycles. The Bertz CT molecular complexity index is 815. The van der Waals surface area contributed by atoms with E-state index in [0.29, 0.717) is 18.1 Å². The summed E-state index contributed by atoms with van der Waals surface area (Å²) in [4.78, 5) is 1.05. The number of nitrogens with zero attached hydrogens (tertiary/aromatic N) is 1. The molecule has 0 aliphatic rings. The maximum atomic E-state index is 5.99. The Hall–Kier alpha value is -2.40. The molecule has 2 aromatic carbocycles. The molecule has 0 amide bonds. The van der Waals surface area contributed by atoms with Gasteiger partial charge in [0, 0.05) is 16.5 Å². The second-order valence-electron chi connectivity index (χ2n) is 5.31. The van der Waals surface area contributed by atoms with Crippen molar-refractivity contribution >= 4 is 11.8 Å². The second kappa shape index (κ2) is 7.45. The van der Waals surface area contributed by atoms with Crippen LogP contribution in [0.15, 0.2) is 57.9 Å². The van der Waals surface area contributed by atoms with Gasteiger partial charge in [-0.2, -0.15) is 0 Å². The molecule has 4 nitrogen and oxygen atoms in total. The zero-order chi connectivity index (χ0) is 16.9. The summed E-state index contributed by atoms with van der Waals surface area (Å²) in [6, 6.07) is 15.9. The molecule has 24 heavy (non-hydrogen) atoms. The van der Waals surface area contributed by atoms with Crippen LogP contribution in [-0.4, -0.2) is 18.5 Å². The van der Waals surface area contributed by atoms with Gasteiger partial charge >= 0.3 is 0 Å². The molecule has 3 aromatic rings. The van der Waals surface area contributed by atoms with Gasteiger partial charge in [0.1, 0.15) is 6.61 Å². The number of aromatic nitrogens is 1. The van der Waals surface area contributed by atoms with Gasteiger partial charge in [0.2, 0.25) is 0 Å². The third kappa shape index (κ3) is 3.57. The molecule has 0 fully saturated rings. The summed E-state index contributed by atoms with van der Waals surface area (Å²) >= 11 is 1.63. The van der Waals surface area contributed by atoms with Gasteiger partial charge in [-0.3, -0.25) is 0 Å². The number of hydrogen-bond donors (Lipinski definition) is 0. The van der Waals surface area contributed by atoms with Crippen LogP contribution in [0.4, 0.5) is 0 Å². The molecule has 0 bridgehead atoms. The zero-order valence-electron chi connectivity index (χ0n) is 13.9. The van der Waals surface area contributed by atoms with E-state index in [1.165, 1.54) is 0 Å². The van der Waals surface area contributed by atoms with E-state index in [0.717, 1.165) is 27.5 Å². The Labute approximate surface area is 145 Å². The third-order valence-electron chi connectivity index (χ3n) is 3.62. The maximum Gasteiger partial charge on any atom is 0.168 e. The molecule has 0 spiro atoms. The van der Waals surface area contributed by atoms with Gasteiger partial charge in [0.05, 0.1) is 12.8 Å². The van der Waals surface area contributed by atoms with E-state index in [2.05, 4.69) is 5.16 Å². The Balaban J connectivity index is 1.95. The minimum Gasteiger partial charge on any atom is -0.493 e. The number of thioether (sulfide) groups is 1. The molecular formula is C19H19NO3S. The molecule has 5 heteroatoms. The average molecular weight is 341 g/mol. The van der Waals surface area contributed by atoms with E-state index in [1.54, 1.807) is 18.9 Å². The van der Waals surface area contributed by atoms with Gasteiger partial charge in [-0.15, -0.1) is 11.8 Å². The van der Waals surface area contributed by atoms with Crippen molar-refractivity contribution in [3.8, 4) is 22.8 Å². The van der Waals surface area contributed by atoms with Crippen molar-refractivity contribution < 1.29 is 14.0 Å². The van der Waals surface area contributed by atoms with Gasteiger partial charge in [0.15, 0.2) is 17.3 Å². The van der Waals surface area contributed by atoms with Crippen molar-refractivity contribution in [1.82, 2.24) is 5.16 Å². The lowest BCUT2D eigenvalue weighted by molar-refractivity contribution is 0.284. The Morgan fingerprint density at radius 2 is 1.88 bits per heavy atom. The lowest BCUT2D eigenvalue weighted by atomic mass is 10.1. The first-order chi connectivity index (χ1) is 11.7. The molecule has 0 N–H and O–H groups in total. The van der Waals surface area contributed by atoms with Crippen LogP contribution < -0.4 is 9.47 Å². The topological polar surface area (TPSA) is 44.5 Å². The second-order valence-corrected chi connectivity index (χ2v) is 6.16. The van der Waals surface area contributed by atoms with Crippen LogP contribution >= 0.6 is 11.8 Å². The fourth-order valence-corrected chi connectivity index (χ4v) is 3.01. The van der Waals surface area contributed by atoms with Crippen LogP contribution in [0.1, 0.15) is 11.3 Å². The highest BCUT2D eigenvalue weighted by molar-refractivity contribution is 7.98. The lowest BCUT2D eigenvalue weighted by Gasteiger charge is -2.14. The van der Waals surface area contributed by atoms with E-state index >= 15 is 0 Å². The molecular weight excluding hydrogens is 322 g/mol. The highest BCUT2D eigenvalue weighted by Crippen LogP contribution is 2.40. The first-order valence-corrected chi connectivity index (χ1v) is 8.80. The van der Waals surface area contributed by atoms with Crippen LogP contribution in [0.25, 0.3) is 11.3 Å². The van der Waals surface area contributed by atoms with Gasteiger partial charge in [-0.1, -0.05) is 35.5 Å². The van der Waals surface area contributed by atoms with Gasteiger partial charge in [0.25, 0.3) is 0 Å². The van der Waals surface area contributed by atoms with E-state index in [1.807, 2.05) is 61.7 Å². The number of ether oxygens (including phenoxy) is 2. The average Bonchev–Trinajstić information content (AvgIpc) is 3.06. The number of rotatable bonds is 6. The smallest absolute Gasteiger partial charge is 0.168 e. The van der Waals surface area contributed by atoms with Crippen molar-refractivity contribution in [3.05, 3.63) is 59.8 Å².